The first-order valence-corrected chi connectivity index (χ1v) is 32.7. The van der Waals surface area contributed by atoms with Crippen LogP contribution in [-0.2, 0) is 46.5 Å². The fourth-order valence-electron chi connectivity index (χ4n) is 7.51. The smallest absolute Gasteiger partial charge is 0.407 e. The number of thioether (sulfide) groups is 1. The van der Waals surface area contributed by atoms with E-state index in [9.17, 15) is 28.4 Å². The summed E-state index contributed by atoms with van der Waals surface area (Å²) >= 11 is 1.26. The summed E-state index contributed by atoms with van der Waals surface area (Å²) in [6.07, 6.45) is 1.51. The molecule has 0 spiro atoms. The molecule has 4 aromatic rings. The van der Waals surface area contributed by atoms with Crippen molar-refractivity contribution in [2.24, 2.45) is 5.41 Å². The van der Waals surface area contributed by atoms with E-state index in [1.54, 1.807) is 11.1 Å². The largest absolute Gasteiger partial charge is 0.466 e. The van der Waals surface area contributed by atoms with Gasteiger partial charge in [0.2, 0.25) is 11.8 Å². The lowest BCUT2D eigenvalue weighted by molar-refractivity contribution is -0.150. The zero-order valence-corrected chi connectivity index (χ0v) is 45.4. The molecule has 3 aromatic carbocycles. The monoisotopic (exact) mass is 1020 g/mol. The van der Waals surface area contributed by atoms with Gasteiger partial charge in [-0.15, -0.1) is 0 Å². The molecule has 382 valence electrons. The van der Waals surface area contributed by atoms with Crippen molar-refractivity contribution in [1.29, 1.82) is 0 Å². The van der Waals surface area contributed by atoms with Crippen LogP contribution in [0.1, 0.15) is 69.3 Å². The standard InChI is InChI=1S/C53H74F2N4O8SSi2/c1-53(2,3)50(46-33-41(43-34-42(54)21-22-44(43)55)36-58(46)35-39-17-12-10-13-18-39)59(27-16-26-56-52(64)66-29-32-70(7,8)9)48(61)38-68-30-25-47(60)57-45(23-24-49(62)65-28-31-69(4,5)6)51(63)67-37-40-19-14-11-15-20-40/h10-15,17-22,33-34,36,45,50H,16,23-32,35,37-38H2,1-9H3,(H,56,64)(H,57,60)/t45-,50-/m0/s1. The summed E-state index contributed by atoms with van der Waals surface area (Å²) in [6.45, 7) is 20.7. The average Bonchev–Trinajstić information content (AvgIpc) is 3.68. The summed E-state index contributed by atoms with van der Waals surface area (Å²) in [5, 5.41) is 5.58. The molecule has 70 heavy (non-hydrogen) atoms. The third-order valence-corrected chi connectivity index (χ3v) is 15.7. The summed E-state index contributed by atoms with van der Waals surface area (Å²) < 4.78 is 48.4. The van der Waals surface area contributed by atoms with Crippen LogP contribution in [0.25, 0.3) is 11.1 Å². The summed E-state index contributed by atoms with van der Waals surface area (Å²) in [4.78, 5) is 68.5. The van der Waals surface area contributed by atoms with E-state index in [1.807, 2.05) is 92.1 Å². The number of halogens is 2. The number of amides is 3. The normalized spacial score (nSPS) is 12.7. The second-order valence-electron chi connectivity index (χ2n) is 21.1. The first kappa shape index (κ1) is 57.3. The zero-order chi connectivity index (χ0) is 51.5. The third-order valence-electron chi connectivity index (χ3n) is 11.3. The van der Waals surface area contributed by atoms with Gasteiger partial charge in [0.05, 0.1) is 25.0 Å². The molecule has 0 unspecified atom stereocenters. The Bertz CT molecular complexity index is 2320. The maximum absolute atomic E-state index is 15.4. The van der Waals surface area contributed by atoms with Crippen LogP contribution >= 0.6 is 11.8 Å². The lowest BCUT2D eigenvalue weighted by Gasteiger charge is -2.41. The first-order chi connectivity index (χ1) is 33.0. The van der Waals surface area contributed by atoms with E-state index >= 15 is 4.39 Å². The van der Waals surface area contributed by atoms with Gasteiger partial charge < -0.3 is 34.3 Å². The van der Waals surface area contributed by atoms with E-state index in [-0.39, 0.29) is 61.9 Å². The van der Waals surface area contributed by atoms with Crippen molar-refractivity contribution >= 4 is 57.8 Å². The number of nitrogens with zero attached hydrogens (tertiary/aromatic N) is 2. The summed E-state index contributed by atoms with van der Waals surface area (Å²) in [5.74, 6) is -2.76. The number of carbonyl (C=O) groups excluding carboxylic acids is 5. The molecule has 17 heteroatoms. The zero-order valence-electron chi connectivity index (χ0n) is 42.5. The predicted octanol–water partition coefficient (Wildman–Crippen LogP) is 10.9. The highest BCUT2D eigenvalue weighted by Gasteiger charge is 2.37. The highest BCUT2D eigenvalue weighted by molar-refractivity contribution is 7.99. The lowest BCUT2D eigenvalue weighted by atomic mass is 9.83. The number of carbonyl (C=O) groups is 5. The Kier molecular flexibility index (Phi) is 22.4. The number of nitrogens with one attached hydrogen (secondary N) is 2. The molecule has 0 aliphatic heterocycles. The van der Waals surface area contributed by atoms with Crippen LogP contribution in [0.15, 0.2) is 91.1 Å². The number of aromatic nitrogens is 1. The van der Waals surface area contributed by atoms with E-state index in [2.05, 4.69) is 49.9 Å². The number of rotatable bonds is 27. The molecule has 0 bridgehead atoms. The van der Waals surface area contributed by atoms with E-state index in [0.717, 1.165) is 41.4 Å². The van der Waals surface area contributed by atoms with E-state index < -0.39 is 69.2 Å². The molecule has 3 amide bonds. The number of esters is 2. The first-order valence-electron chi connectivity index (χ1n) is 24.1. The maximum atomic E-state index is 15.4. The molecule has 1 heterocycles. The van der Waals surface area contributed by atoms with Gasteiger partial charge in [-0.2, -0.15) is 11.8 Å². The highest BCUT2D eigenvalue weighted by Crippen LogP contribution is 2.41. The van der Waals surface area contributed by atoms with Crippen molar-refractivity contribution in [1.82, 2.24) is 20.1 Å². The van der Waals surface area contributed by atoms with Crippen molar-refractivity contribution < 1.29 is 47.0 Å². The van der Waals surface area contributed by atoms with Crippen molar-refractivity contribution in [3.05, 3.63) is 120 Å². The molecule has 12 nitrogen and oxygen atoms in total. The minimum atomic E-state index is -1.44. The Morgan fingerprint density at radius 2 is 1.41 bits per heavy atom. The minimum Gasteiger partial charge on any atom is -0.466 e. The topological polar surface area (TPSA) is 145 Å². The molecule has 0 aliphatic carbocycles. The van der Waals surface area contributed by atoms with Crippen molar-refractivity contribution in [2.45, 2.75) is 123 Å². The van der Waals surface area contributed by atoms with E-state index in [0.29, 0.717) is 37.4 Å². The molecule has 4 rings (SSSR count). The van der Waals surface area contributed by atoms with Crippen LogP contribution in [0.2, 0.25) is 51.4 Å². The van der Waals surface area contributed by atoms with E-state index in [1.165, 1.54) is 11.8 Å². The Balaban J connectivity index is 1.53. The molecular formula is C53H74F2N4O8SSi2. The number of hydrogen-bond donors (Lipinski definition) is 2. The van der Waals surface area contributed by atoms with Crippen LogP contribution in [0.3, 0.4) is 0 Å². The van der Waals surface area contributed by atoms with Crippen molar-refractivity contribution in [2.75, 3.05) is 37.8 Å². The second kappa shape index (κ2) is 27.4. The van der Waals surface area contributed by atoms with Gasteiger partial charge in [0.1, 0.15) is 24.3 Å². The molecular weight excluding hydrogens is 947 g/mol. The Morgan fingerprint density at radius 3 is 2.04 bits per heavy atom. The number of alkyl carbamates (subject to hydrolysis) is 1. The summed E-state index contributed by atoms with van der Waals surface area (Å²) in [7, 11) is -2.85. The van der Waals surface area contributed by atoms with Crippen LogP contribution in [0, 0.1) is 17.0 Å². The summed E-state index contributed by atoms with van der Waals surface area (Å²) in [6, 6.07) is 24.0. The van der Waals surface area contributed by atoms with Crippen LogP contribution < -0.4 is 10.6 Å². The molecule has 0 saturated heterocycles. The van der Waals surface area contributed by atoms with Crippen LogP contribution in [-0.4, -0.2) is 99.3 Å². The molecule has 0 saturated carbocycles. The number of hydrogen-bond acceptors (Lipinski definition) is 9. The van der Waals surface area contributed by atoms with Crippen molar-refractivity contribution in [3.63, 3.8) is 0 Å². The molecule has 0 fully saturated rings. The highest BCUT2D eigenvalue weighted by atomic mass is 32.2. The van der Waals surface area contributed by atoms with Gasteiger partial charge in [-0.1, -0.05) is 121 Å². The van der Waals surface area contributed by atoms with Gasteiger partial charge in [0, 0.05) is 77.4 Å². The molecule has 0 radical (unpaired) electrons. The molecule has 1 aromatic heterocycles. The van der Waals surface area contributed by atoms with Gasteiger partial charge in [-0.25, -0.2) is 18.4 Å². The van der Waals surface area contributed by atoms with Crippen LogP contribution in [0.5, 0.6) is 0 Å². The Hall–Kier alpha value is -5.27. The minimum absolute atomic E-state index is 0.00439. The second-order valence-corrected chi connectivity index (χ2v) is 33.4. The average molecular weight is 1020 g/mol. The van der Waals surface area contributed by atoms with E-state index in [4.69, 9.17) is 14.2 Å². The maximum Gasteiger partial charge on any atom is 0.407 e. The van der Waals surface area contributed by atoms with Gasteiger partial charge in [-0.05, 0) is 65.7 Å². The summed E-state index contributed by atoms with van der Waals surface area (Å²) in [5.41, 5.74) is 2.39. The molecule has 2 N–H and O–H groups in total. The number of ether oxygens (including phenoxy) is 3. The lowest BCUT2D eigenvalue weighted by Crippen LogP contribution is -2.44. The third kappa shape index (κ3) is 20.6. The fraction of sp³-hybridized carbons (Fsp3) is 0.491. The van der Waals surface area contributed by atoms with Gasteiger partial charge in [0.15, 0.2) is 0 Å². The number of benzene rings is 3. The SMILES string of the molecule is CC(C)(C)[C@H](c1cc(-c2cc(F)ccc2F)cn1Cc1ccccc1)N(CCCNC(=O)OCC[Si](C)(C)C)C(=O)CSCCC(=O)N[C@@H](CCC(=O)OCC[Si](C)(C)C)C(=O)OCc1ccccc1. The van der Waals surface area contributed by atoms with Gasteiger partial charge in [-0.3, -0.25) is 14.4 Å². The molecule has 2 atom stereocenters. The Labute approximate surface area is 420 Å². The Morgan fingerprint density at radius 1 is 0.786 bits per heavy atom. The predicted molar refractivity (Wildman–Crippen MR) is 280 cm³/mol. The van der Waals surface area contributed by atoms with Crippen LogP contribution in [0.4, 0.5) is 13.6 Å². The van der Waals surface area contributed by atoms with Crippen molar-refractivity contribution in [3.8, 4) is 11.1 Å². The molecule has 0 aliphatic rings. The quantitative estimate of drug-likeness (QED) is 0.0258. The van der Waals surface area contributed by atoms with Gasteiger partial charge in [0.25, 0.3) is 0 Å². The van der Waals surface area contributed by atoms with Gasteiger partial charge >= 0.3 is 18.0 Å². The fourth-order valence-corrected chi connectivity index (χ4v) is 9.75.